The van der Waals surface area contributed by atoms with Gasteiger partial charge in [-0.05, 0) is 18.9 Å². The lowest BCUT2D eigenvalue weighted by Gasteiger charge is -2.10. The summed E-state index contributed by atoms with van der Waals surface area (Å²) >= 11 is 12.3. The molecular formula is C18H18Cl2N6O2. The number of carbonyl (C=O) groups is 1. The number of hydrogen-bond donors (Lipinski definition) is 3. The Balaban J connectivity index is 1.50. The van der Waals surface area contributed by atoms with Crippen molar-refractivity contribution in [2.45, 2.75) is 12.8 Å². The van der Waals surface area contributed by atoms with Gasteiger partial charge in [0.15, 0.2) is 0 Å². The van der Waals surface area contributed by atoms with Crippen LogP contribution in [0.1, 0.15) is 23.4 Å². The lowest BCUT2D eigenvalue weighted by atomic mass is 10.1. The Bertz CT molecular complexity index is 949. The standard InChI is InChI=1S/C18H18Cl2N6O2/c19-12-5-3-4-11(16(12)20)13-10-15(26-18(21)25-13)22-7-1-2-8-23-17(27)14-6-9-24-28-14/h3-6,9-10H,1-2,7-8H2,(H,23,27)(H3,21,22,25,26). The molecule has 0 saturated carbocycles. The van der Waals surface area contributed by atoms with Gasteiger partial charge in [0, 0.05) is 30.8 Å². The molecular weight excluding hydrogens is 403 g/mol. The molecule has 3 rings (SSSR count). The maximum Gasteiger partial charge on any atom is 0.289 e. The summed E-state index contributed by atoms with van der Waals surface area (Å²) < 4.78 is 4.79. The zero-order chi connectivity index (χ0) is 19.9. The van der Waals surface area contributed by atoms with Crippen LogP contribution < -0.4 is 16.4 Å². The van der Waals surface area contributed by atoms with Gasteiger partial charge in [-0.15, -0.1) is 0 Å². The molecule has 10 heteroatoms. The van der Waals surface area contributed by atoms with Crippen LogP contribution in [-0.2, 0) is 0 Å². The number of halogens is 2. The molecule has 3 aromatic rings. The molecule has 0 unspecified atom stereocenters. The van der Waals surface area contributed by atoms with Crippen LogP contribution in [0.25, 0.3) is 11.3 Å². The quantitative estimate of drug-likeness (QED) is 0.475. The third kappa shape index (κ3) is 5.11. The lowest BCUT2D eigenvalue weighted by molar-refractivity contribution is 0.0916. The molecule has 0 aliphatic carbocycles. The number of benzene rings is 1. The first-order chi connectivity index (χ1) is 13.5. The van der Waals surface area contributed by atoms with E-state index in [1.807, 2.05) is 6.07 Å². The van der Waals surface area contributed by atoms with Crippen LogP contribution >= 0.6 is 23.2 Å². The summed E-state index contributed by atoms with van der Waals surface area (Å²) in [7, 11) is 0. The average Bonchev–Trinajstić information content (AvgIpc) is 3.21. The number of hydrogen-bond acceptors (Lipinski definition) is 7. The number of nitrogens with zero attached hydrogens (tertiary/aromatic N) is 3. The molecule has 146 valence electrons. The fraction of sp³-hybridized carbons (Fsp3) is 0.222. The van der Waals surface area contributed by atoms with Crippen molar-refractivity contribution in [3.8, 4) is 11.3 Å². The van der Waals surface area contributed by atoms with Crippen molar-refractivity contribution in [1.82, 2.24) is 20.4 Å². The largest absolute Gasteiger partial charge is 0.370 e. The predicted octanol–water partition coefficient (Wildman–Crippen LogP) is 3.64. The minimum absolute atomic E-state index is 0.135. The Hall–Kier alpha value is -2.84. The number of anilines is 2. The van der Waals surface area contributed by atoms with Crippen molar-refractivity contribution in [1.29, 1.82) is 0 Å². The van der Waals surface area contributed by atoms with Crippen LogP contribution in [0, 0.1) is 0 Å². The van der Waals surface area contributed by atoms with Gasteiger partial charge in [0.25, 0.3) is 5.91 Å². The summed E-state index contributed by atoms with van der Waals surface area (Å²) in [5, 5.41) is 10.3. The van der Waals surface area contributed by atoms with Crippen LogP contribution in [0.3, 0.4) is 0 Å². The summed E-state index contributed by atoms with van der Waals surface area (Å²) in [5.41, 5.74) is 7.08. The van der Waals surface area contributed by atoms with Crippen molar-refractivity contribution in [2.24, 2.45) is 0 Å². The van der Waals surface area contributed by atoms with Crippen LogP contribution in [-0.4, -0.2) is 34.1 Å². The van der Waals surface area contributed by atoms with E-state index in [9.17, 15) is 4.79 Å². The zero-order valence-electron chi connectivity index (χ0n) is 14.8. The highest BCUT2D eigenvalue weighted by molar-refractivity contribution is 6.43. The Morgan fingerprint density at radius 3 is 2.75 bits per heavy atom. The Morgan fingerprint density at radius 1 is 1.14 bits per heavy atom. The van der Waals surface area contributed by atoms with E-state index in [0.29, 0.717) is 40.2 Å². The molecule has 0 aliphatic rings. The van der Waals surface area contributed by atoms with Gasteiger partial charge in [0.1, 0.15) is 5.82 Å². The molecule has 4 N–H and O–H groups in total. The first-order valence-electron chi connectivity index (χ1n) is 8.56. The average molecular weight is 421 g/mol. The molecule has 2 heterocycles. The minimum atomic E-state index is -0.280. The molecule has 1 aromatic carbocycles. The topological polar surface area (TPSA) is 119 Å². The monoisotopic (exact) mass is 420 g/mol. The highest BCUT2D eigenvalue weighted by Crippen LogP contribution is 2.33. The van der Waals surface area contributed by atoms with Crippen LogP contribution in [0.4, 0.5) is 11.8 Å². The van der Waals surface area contributed by atoms with Gasteiger partial charge >= 0.3 is 0 Å². The Kier molecular flexibility index (Phi) is 6.67. The fourth-order valence-electron chi connectivity index (χ4n) is 2.48. The highest BCUT2D eigenvalue weighted by atomic mass is 35.5. The molecule has 8 nitrogen and oxygen atoms in total. The zero-order valence-corrected chi connectivity index (χ0v) is 16.3. The maximum atomic E-state index is 11.7. The van der Waals surface area contributed by atoms with Crippen molar-refractivity contribution in [2.75, 3.05) is 24.1 Å². The number of amides is 1. The fourth-order valence-corrected chi connectivity index (χ4v) is 2.88. The number of aromatic nitrogens is 3. The first kappa shape index (κ1) is 19.9. The third-order valence-corrected chi connectivity index (χ3v) is 4.65. The first-order valence-corrected chi connectivity index (χ1v) is 9.32. The smallest absolute Gasteiger partial charge is 0.289 e. The number of rotatable bonds is 8. The summed E-state index contributed by atoms with van der Waals surface area (Å²) in [5.74, 6) is 0.637. The molecule has 0 fully saturated rings. The molecule has 1 amide bonds. The van der Waals surface area contributed by atoms with Crippen molar-refractivity contribution in [3.05, 3.63) is 52.3 Å². The second-order valence-electron chi connectivity index (χ2n) is 5.86. The number of unbranched alkanes of at least 4 members (excludes halogenated alkanes) is 1. The normalized spacial score (nSPS) is 10.6. The summed E-state index contributed by atoms with van der Waals surface area (Å²) in [4.78, 5) is 20.1. The second kappa shape index (κ2) is 9.38. The highest BCUT2D eigenvalue weighted by Gasteiger charge is 2.11. The molecule has 0 aliphatic heterocycles. The molecule has 0 spiro atoms. The number of carbonyl (C=O) groups excluding carboxylic acids is 1. The van der Waals surface area contributed by atoms with E-state index in [4.69, 9.17) is 33.5 Å². The third-order valence-electron chi connectivity index (χ3n) is 3.83. The Morgan fingerprint density at radius 2 is 1.96 bits per heavy atom. The van der Waals surface area contributed by atoms with E-state index in [0.717, 1.165) is 12.8 Å². The van der Waals surface area contributed by atoms with Gasteiger partial charge in [-0.2, -0.15) is 4.98 Å². The van der Waals surface area contributed by atoms with Gasteiger partial charge in [-0.25, -0.2) is 4.98 Å². The van der Waals surface area contributed by atoms with Gasteiger partial charge in [-0.1, -0.05) is 40.5 Å². The van der Waals surface area contributed by atoms with Crippen LogP contribution in [0.2, 0.25) is 10.0 Å². The van der Waals surface area contributed by atoms with E-state index in [2.05, 4.69) is 25.8 Å². The molecule has 0 atom stereocenters. The summed E-state index contributed by atoms with van der Waals surface area (Å²) in [6.45, 7) is 1.17. The molecule has 0 radical (unpaired) electrons. The second-order valence-corrected chi connectivity index (χ2v) is 6.65. The SMILES string of the molecule is Nc1nc(NCCCCNC(=O)c2ccno2)cc(-c2cccc(Cl)c2Cl)n1. The van der Waals surface area contributed by atoms with E-state index in [-0.39, 0.29) is 17.6 Å². The maximum absolute atomic E-state index is 11.7. The molecule has 0 saturated heterocycles. The van der Waals surface area contributed by atoms with Crippen LogP contribution in [0.15, 0.2) is 41.1 Å². The van der Waals surface area contributed by atoms with E-state index in [1.54, 1.807) is 18.2 Å². The Labute approximate surface area is 171 Å². The van der Waals surface area contributed by atoms with E-state index in [1.165, 1.54) is 12.3 Å². The van der Waals surface area contributed by atoms with Gasteiger partial charge in [-0.3, -0.25) is 4.79 Å². The van der Waals surface area contributed by atoms with Gasteiger partial charge in [0.2, 0.25) is 11.7 Å². The number of nitrogens with one attached hydrogen (secondary N) is 2. The minimum Gasteiger partial charge on any atom is -0.370 e. The predicted molar refractivity (Wildman–Crippen MR) is 108 cm³/mol. The number of nitrogens with two attached hydrogens (primary N) is 1. The molecule has 28 heavy (non-hydrogen) atoms. The van der Waals surface area contributed by atoms with Crippen molar-refractivity contribution < 1.29 is 9.32 Å². The van der Waals surface area contributed by atoms with E-state index >= 15 is 0 Å². The van der Waals surface area contributed by atoms with Crippen molar-refractivity contribution >= 4 is 40.9 Å². The summed E-state index contributed by atoms with van der Waals surface area (Å²) in [6.07, 6.45) is 3.02. The van der Waals surface area contributed by atoms with Crippen LogP contribution in [0.5, 0.6) is 0 Å². The van der Waals surface area contributed by atoms with Gasteiger partial charge in [0.05, 0.1) is 21.9 Å². The van der Waals surface area contributed by atoms with Crippen molar-refractivity contribution in [3.63, 3.8) is 0 Å². The van der Waals surface area contributed by atoms with Gasteiger partial charge < -0.3 is 20.9 Å². The summed E-state index contributed by atoms with van der Waals surface area (Å²) in [6, 6.07) is 8.59. The van der Waals surface area contributed by atoms with E-state index < -0.39 is 0 Å². The lowest BCUT2D eigenvalue weighted by Crippen LogP contribution is -2.24. The molecule has 2 aromatic heterocycles. The molecule has 0 bridgehead atoms. The number of nitrogen functional groups attached to an aromatic ring is 1.